The second-order valence-corrected chi connectivity index (χ2v) is 4.39. The van der Waals surface area contributed by atoms with Crippen LogP contribution in [0.1, 0.15) is 37.4 Å². The van der Waals surface area contributed by atoms with E-state index in [1.165, 1.54) is 5.56 Å². The smallest absolute Gasteiger partial charge is 0.253 e. The number of nitrogens with one attached hydrogen (secondary N) is 2. The van der Waals surface area contributed by atoms with E-state index in [9.17, 15) is 4.79 Å². The van der Waals surface area contributed by atoms with E-state index in [2.05, 4.69) is 41.6 Å². The molecule has 1 fully saturated rings. The van der Waals surface area contributed by atoms with Crippen molar-refractivity contribution in [2.45, 2.75) is 32.7 Å². The molecule has 2 rings (SSSR count). The zero-order chi connectivity index (χ0) is 13.0. The summed E-state index contributed by atoms with van der Waals surface area (Å²) in [6.07, 6.45) is 1.98. The molecule has 1 saturated heterocycles. The molecule has 0 aliphatic carbocycles. The van der Waals surface area contributed by atoms with E-state index < -0.39 is 0 Å². The molecule has 1 aromatic carbocycles. The normalized spacial score (nSPS) is 20.9. The number of aliphatic imine (C=N–C) groups is 1. The summed E-state index contributed by atoms with van der Waals surface area (Å²) in [5.41, 5.74) is 2.25. The first-order valence-corrected chi connectivity index (χ1v) is 6.45. The molecule has 1 aliphatic rings. The van der Waals surface area contributed by atoms with Crippen LogP contribution >= 0.6 is 0 Å². The summed E-state index contributed by atoms with van der Waals surface area (Å²) in [4.78, 5) is 16.1. The Hall–Kier alpha value is -1.84. The van der Waals surface area contributed by atoms with Gasteiger partial charge in [0.25, 0.3) is 5.91 Å². The molecular formula is C14H19N3O. The van der Waals surface area contributed by atoms with Gasteiger partial charge in [-0.1, -0.05) is 38.1 Å². The van der Waals surface area contributed by atoms with Crippen LogP contribution in [0, 0.1) is 0 Å². The van der Waals surface area contributed by atoms with Gasteiger partial charge in [0.1, 0.15) is 6.04 Å². The van der Waals surface area contributed by atoms with Gasteiger partial charge in [-0.15, -0.1) is 0 Å². The molecule has 0 saturated carbocycles. The van der Waals surface area contributed by atoms with E-state index >= 15 is 0 Å². The van der Waals surface area contributed by atoms with E-state index in [4.69, 9.17) is 0 Å². The molecule has 0 bridgehead atoms. The summed E-state index contributed by atoms with van der Waals surface area (Å²) < 4.78 is 0. The van der Waals surface area contributed by atoms with Crippen molar-refractivity contribution in [1.82, 2.24) is 10.6 Å². The average Bonchev–Trinajstić information content (AvgIpc) is 2.78. The molecule has 0 radical (unpaired) electrons. The number of aryl methyl sites for hydroxylation is 1. The van der Waals surface area contributed by atoms with Crippen LogP contribution in [-0.2, 0) is 11.2 Å². The van der Waals surface area contributed by atoms with Crippen LogP contribution in [-0.4, -0.2) is 18.4 Å². The molecule has 1 heterocycles. The second kappa shape index (κ2) is 5.67. The summed E-state index contributed by atoms with van der Waals surface area (Å²) in [6, 6.07) is 7.81. The van der Waals surface area contributed by atoms with E-state index in [-0.39, 0.29) is 11.9 Å². The van der Waals surface area contributed by atoms with Gasteiger partial charge in [-0.25, -0.2) is 0 Å². The number of nitrogens with zero attached hydrogens (tertiary/aromatic N) is 1. The molecular weight excluding hydrogens is 226 g/mol. The molecule has 96 valence electrons. The maximum atomic E-state index is 11.8. The van der Waals surface area contributed by atoms with Crippen LogP contribution in [0.3, 0.4) is 0 Å². The maximum absolute atomic E-state index is 11.8. The van der Waals surface area contributed by atoms with Gasteiger partial charge in [0, 0.05) is 6.54 Å². The van der Waals surface area contributed by atoms with Crippen LogP contribution < -0.4 is 10.6 Å². The van der Waals surface area contributed by atoms with E-state index in [1.807, 2.05) is 12.1 Å². The van der Waals surface area contributed by atoms with Crippen molar-refractivity contribution in [3.63, 3.8) is 0 Å². The third kappa shape index (κ3) is 2.70. The molecule has 4 nitrogen and oxygen atoms in total. The van der Waals surface area contributed by atoms with Crippen molar-refractivity contribution < 1.29 is 4.79 Å². The molecule has 1 amide bonds. The van der Waals surface area contributed by atoms with Gasteiger partial charge in [0.15, 0.2) is 5.96 Å². The monoisotopic (exact) mass is 245 g/mol. The molecule has 18 heavy (non-hydrogen) atoms. The third-order valence-electron chi connectivity index (χ3n) is 3.00. The third-order valence-corrected chi connectivity index (χ3v) is 3.00. The number of amides is 1. The fourth-order valence-electron chi connectivity index (χ4n) is 1.92. The van der Waals surface area contributed by atoms with Crippen molar-refractivity contribution in [1.29, 1.82) is 0 Å². The van der Waals surface area contributed by atoms with E-state index in [1.54, 1.807) is 0 Å². The Morgan fingerprint density at radius 2 is 1.94 bits per heavy atom. The molecule has 2 N–H and O–H groups in total. The average molecular weight is 245 g/mol. The van der Waals surface area contributed by atoms with Crippen molar-refractivity contribution in [2.24, 2.45) is 4.99 Å². The molecule has 4 heteroatoms. The number of carbonyl (C=O) groups is 1. The molecule has 0 aromatic heterocycles. The quantitative estimate of drug-likeness (QED) is 0.849. The van der Waals surface area contributed by atoms with Crippen LogP contribution in [0.4, 0.5) is 0 Å². The summed E-state index contributed by atoms with van der Waals surface area (Å²) in [6.45, 7) is 4.90. The lowest BCUT2D eigenvalue weighted by Gasteiger charge is -2.08. The lowest BCUT2D eigenvalue weighted by molar-refractivity contribution is -0.120. The van der Waals surface area contributed by atoms with Crippen molar-refractivity contribution in [3.8, 4) is 0 Å². The zero-order valence-electron chi connectivity index (χ0n) is 10.9. The first-order valence-electron chi connectivity index (χ1n) is 6.45. The lowest BCUT2D eigenvalue weighted by Crippen LogP contribution is -2.25. The van der Waals surface area contributed by atoms with Crippen LogP contribution in [0.15, 0.2) is 29.3 Å². The van der Waals surface area contributed by atoms with Gasteiger partial charge in [-0.2, -0.15) is 0 Å². The van der Waals surface area contributed by atoms with Crippen molar-refractivity contribution in [3.05, 3.63) is 35.4 Å². The number of hydrogen-bond donors (Lipinski definition) is 2. The lowest BCUT2D eigenvalue weighted by atomic mass is 10.0. The Morgan fingerprint density at radius 3 is 2.56 bits per heavy atom. The number of carbonyl (C=O) groups excluding carboxylic acids is 1. The summed E-state index contributed by atoms with van der Waals surface area (Å²) >= 11 is 0. The van der Waals surface area contributed by atoms with E-state index in [0.29, 0.717) is 5.96 Å². The Labute approximate surface area is 108 Å². The molecule has 0 spiro atoms. The minimum absolute atomic E-state index is 0.0332. The highest BCUT2D eigenvalue weighted by molar-refractivity contribution is 6.06. The van der Waals surface area contributed by atoms with Gasteiger partial charge < -0.3 is 5.32 Å². The largest absolute Gasteiger partial charge is 0.340 e. The molecule has 1 aromatic rings. The van der Waals surface area contributed by atoms with Gasteiger partial charge in [-0.05, 0) is 24.0 Å². The highest BCUT2D eigenvalue weighted by Gasteiger charge is 2.29. The molecule has 1 atom stereocenters. The van der Waals surface area contributed by atoms with Gasteiger partial charge in [0.2, 0.25) is 0 Å². The van der Waals surface area contributed by atoms with Crippen LogP contribution in [0.25, 0.3) is 0 Å². The van der Waals surface area contributed by atoms with Gasteiger partial charge in [-0.3, -0.25) is 15.1 Å². The first kappa shape index (κ1) is 12.6. The predicted octanol–water partition coefficient (Wildman–Crippen LogP) is 1.78. The SMILES string of the molecule is CCCN=C1NC(=O)C(c2ccc(CC)cc2)N1. The van der Waals surface area contributed by atoms with Crippen molar-refractivity contribution >= 4 is 11.9 Å². The predicted molar refractivity (Wildman–Crippen MR) is 72.4 cm³/mol. The van der Waals surface area contributed by atoms with Crippen LogP contribution in [0.5, 0.6) is 0 Å². The molecule has 1 aliphatic heterocycles. The summed E-state index contributed by atoms with van der Waals surface area (Å²) in [5, 5.41) is 5.88. The first-order chi connectivity index (χ1) is 8.74. The Balaban J connectivity index is 2.11. The van der Waals surface area contributed by atoms with Crippen molar-refractivity contribution in [2.75, 3.05) is 6.54 Å². The number of rotatable bonds is 4. The summed E-state index contributed by atoms with van der Waals surface area (Å²) in [5.74, 6) is 0.556. The fourth-order valence-corrected chi connectivity index (χ4v) is 1.92. The van der Waals surface area contributed by atoms with Crippen LogP contribution in [0.2, 0.25) is 0 Å². The Kier molecular flexibility index (Phi) is 3.97. The van der Waals surface area contributed by atoms with Gasteiger partial charge in [0.05, 0.1) is 0 Å². The number of hydrogen-bond acceptors (Lipinski definition) is 2. The Morgan fingerprint density at radius 1 is 1.22 bits per heavy atom. The number of guanidine groups is 1. The minimum atomic E-state index is -0.313. The highest BCUT2D eigenvalue weighted by atomic mass is 16.2. The zero-order valence-corrected chi connectivity index (χ0v) is 10.9. The topological polar surface area (TPSA) is 53.5 Å². The maximum Gasteiger partial charge on any atom is 0.253 e. The standard InChI is InChI=1S/C14H19N3O/c1-3-9-15-14-16-12(13(18)17-14)11-7-5-10(4-2)6-8-11/h5-8,12H,3-4,9H2,1-2H3,(H2,15,16,17,18). The fraction of sp³-hybridized carbons (Fsp3) is 0.429. The van der Waals surface area contributed by atoms with Gasteiger partial charge >= 0.3 is 0 Å². The highest BCUT2D eigenvalue weighted by Crippen LogP contribution is 2.17. The summed E-state index contributed by atoms with van der Waals surface area (Å²) in [7, 11) is 0. The molecule has 1 unspecified atom stereocenters. The van der Waals surface area contributed by atoms with E-state index in [0.717, 1.165) is 24.9 Å². The Bertz CT molecular complexity index is 451. The minimum Gasteiger partial charge on any atom is -0.340 e. The number of benzene rings is 1. The second-order valence-electron chi connectivity index (χ2n) is 4.39.